The van der Waals surface area contributed by atoms with Gasteiger partial charge >= 0.3 is 0 Å². The smallest absolute Gasteiger partial charge is 0.192 e. The van der Waals surface area contributed by atoms with E-state index >= 15 is 0 Å². The van der Waals surface area contributed by atoms with Crippen LogP contribution in [-0.2, 0) is 12.3 Å². The summed E-state index contributed by atoms with van der Waals surface area (Å²) in [4.78, 5) is 6.17. The van der Waals surface area contributed by atoms with Gasteiger partial charge in [0.25, 0.3) is 0 Å². The third-order valence-electron chi connectivity index (χ3n) is 4.67. The molecule has 1 aromatic carbocycles. The lowest BCUT2D eigenvalue weighted by Gasteiger charge is -2.06. The Morgan fingerprint density at radius 2 is 1.90 bits per heavy atom. The number of thioether (sulfide) groups is 1. The Morgan fingerprint density at radius 1 is 1.10 bits per heavy atom. The highest BCUT2D eigenvalue weighted by Crippen LogP contribution is 2.32. The molecule has 4 rings (SSSR count). The third-order valence-corrected chi connectivity index (χ3v) is 7.85. The number of allylic oxidation sites excluding steroid dienone is 1. The van der Waals surface area contributed by atoms with Crippen LogP contribution in [0.25, 0.3) is 22.0 Å². The molecule has 4 nitrogen and oxygen atoms in total. The van der Waals surface area contributed by atoms with E-state index < -0.39 is 0 Å². The van der Waals surface area contributed by atoms with Gasteiger partial charge in [0.05, 0.1) is 5.69 Å². The molecule has 0 fully saturated rings. The molecule has 4 aromatic rings. The molecular formula is C23H24N4S3. The predicted octanol–water partition coefficient (Wildman–Crippen LogP) is 7.04. The van der Waals surface area contributed by atoms with Gasteiger partial charge in [-0.25, -0.2) is 4.98 Å². The van der Waals surface area contributed by atoms with Crippen LogP contribution in [0.15, 0.2) is 58.9 Å². The van der Waals surface area contributed by atoms with Crippen molar-refractivity contribution in [1.82, 2.24) is 19.7 Å². The first-order valence-electron chi connectivity index (χ1n) is 9.82. The molecule has 154 valence electrons. The number of hydrogen-bond donors (Lipinski definition) is 0. The Kier molecular flexibility index (Phi) is 6.51. The van der Waals surface area contributed by atoms with Crippen molar-refractivity contribution in [2.45, 2.75) is 44.1 Å². The summed E-state index contributed by atoms with van der Waals surface area (Å²) in [5.74, 6) is 2.18. The number of aryl methyl sites for hydroxylation is 1. The molecule has 0 saturated heterocycles. The number of benzene rings is 1. The van der Waals surface area contributed by atoms with Gasteiger partial charge in [-0.05, 0) is 18.9 Å². The van der Waals surface area contributed by atoms with Gasteiger partial charge in [-0.2, -0.15) is 0 Å². The molecule has 3 heterocycles. The minimum absolute atomic E-state index is 0.515. The lowest BCUT2D eigenvalue weighted by molar-refractivity contribution is 0.731. The third kappa shape index (κ3) is 4.58. The second-order valence-corrected chi connectivity index (χ2v) is 10.1. The van der Waals surface area contributed by atoms with Crippen molar-refractivity contribution >= 4 is 34.4 Å². The molecule has 7 heteroatoms. The van der Waals surface area contributed by atoms with E-state index in [0.29, 0.717) is 12.5 Å². The number of aromatic nitrogens is 4. The van der Waals surface area contributed by atoms with Crippen LogP contribution in [0.3, 0.4) is 0 Å². The van der Waals surface area contributed by atoms with E-state index in [1.54, 1.807) is 34.4 Å². The molecule has 0 saturated carbocycles. The topological polar surface area (TPSA) is 43.6 Å². The van der Waals surface area contributed by atoms with Crippen molar-refractivity contribution < 1.29 is 0 Å². The van der Waals surface area contributed by atoms with Crippen molar-refractivity contribution in [2.24, 2.45) is 0 Å². The minimum Gasteiger partial charge on any atom is -0.298 e. The largest absolute Gasteiger partial charge is 0.298 e. The van der Waals surface area contributed by atoms with E-state index in [2.05, 4.69) is 83.2 Å². The van der Waals surface area contributed by atoms with Crippen molar-refractivity contribution in [3.63, 3.8) is 0 Å². The molecule has 0 unspecified atom stereocenters. The van der Waals surface area contributed by atoms with Gasteiger partial charge in [-0.3, -0.25) is 4.57 Å². The molecule has 0 atom stereocenters. The van der Waals surface area contributed by atoms with E-state index in [4.69, 9.17) is 4.98 Å². The second-order valence-electron chi connectivity index (χ2n) is 7.40. The maximum Gasteiger partial charge on any atom is 0.192 e. The normalized spacial score (nSPS) is 11.3. The first-order valence-corrected chi connectivity index (χ1v) is 12.6. The summed E-state index contributed by atoms with van der Waals surface area (Å²) in [7, 11) is 0. The fourth-order valence-electron chi connectivity index (χ4n) is 3.02. The van der Waals surface area contributed by atoms with Gasteiger partial charge < -0.3 is 0 Å². The Balaban J connectivity index is 1.51. The van der Waals surface area contributed by atoms with Crippen molar-refractivity contribution in [1.29, 1.82) is 0 Å². The van der Waals surface area contributed by atoms with Crippen LogP contribution >= 0.6 is 34.4 Å². The standard InChI is InChI=1S/C23H24N4S3/c1-5-10-27-21(18-11-20(15(2)3)28-12-18)25-26-23(27)30-14-19-13-29-22(24-19)17-8-6-16(4)7-9-17/h5-9,11-13,15H,1,10,14H2,2-4H3. The maximum absolute atomic E-state index is 4.81. The fraction of sp³-hybridized carbons (Fsp3) is 0.261. The SMILES string of the molecule is C=CCn1c(SCc2csc(-c3ccc(C)cc3)n2)nnc1-c1csc(C(C)C)c1. The first kappa shape index (κ1) is 21.0. The zero-order valence-electron chi connectivity index (χ0n) is 17.3. The van der Waals surface area contributed by atoms with Gasteiger partial charge in [0.15, 0.2) is 11.0 Å². The number of nitrogens with zero attached hydrogens (tertiary/aromatic N) is 4. The number of hydrogen-bond acceptors (Lipinski definition) is 6. The first-order chi connectivity index (χ1) is 14.5. The van der Waals surface area contributed by atoms with E-state index in [1.807, 2.05) is 6.08 Å². The van der Waals surface area contributed by atoms with Crippen molar-refractivity contribution in [3.05, 3.63) is 69.9 Å². The minimum atomic E-state index is 0.515. The van der Waals surface area contributed by atoms with Crippen LogP contribution in [0.5, 0.6) is 0 Å². The molecule has 0 spiro atoms. The highest BCUT2D eigenvalue weighted by Gasteiger charge is 2.16. The van der Waals surface area contributed by atoms with Gasteiger partial charge in [0.2, 0.25) is 0 Å². The highest BCUT2D eigenvalue weighted by molar-refractivity contribution is 7.98. The quantitative estimate of drug-likeness (QED) is 0.212. The second kappa shape index (κ2) is 9.29. The molecule has 0 amide bonds. The van der Waals surface area contributed by atoms with Crippen LogP contribution in [0, 0.1) is 6.92 Å². The molecular weight excluding hydrogens is 428 g/mol. The fourth-order valence-corrected chi connectivity index (χ4v) is 5.69. The summed E-state index contributed by atoms with van der Waals surface area (Å²) in [5, 5.41) is 15.2. The van der Waals surface area contributed by atoms with Gasteiger partial charge in [0, 0.05) is 39.1 Å². The average Bonchev–Trinajstić information content (AvgIpc) is 3.47. The van der Waals surface area contributed by atoms with Crippen LogP contribution in [-0.4, -0.2) is 19.7 Å². The van der Waals surface area contributed by atoms with E-state index in [9.17, 15) is 0 Å². The lowest BCUT2D eigenvalue weighted by Crippen LogP contribution is -2.00. The van der Waals surface area contributed by atoms with E-state index in [-0.39, 0.29) is 0 Å². The number of thiophene rings is 1. The number of thiazole rings is 1. The molecule has 0 radical (unpaired) electrons. The monoisotopic (exact) mass is 452 g/mol. The molecule has 0 N–H and O–H groups in total. The van der Waals surface area contributed by atoms with E-state index in [1.165, 1.54) is 10.4 Å². The lowest BCUT2D eigenvalue weighted by atomic mass is 10.1. The molecule has 30 heavy (non-hydrogen) atoms. The Morgan fingerprint density at radius 3 is 2.60 bits per heavy atom. The van der Waals surface area contributed by atoms with Gasteiger partial charge in [-0.15, -0.1) is 39.4 Å². The van der Waals surface area contributed by atoms with E-state index in [0.717, 1.165) is 38.6 Å². The highest BCUT2D eigenvalue weighted by atomic mass is 32.2. The summed E-state index contributed by atoms with van der Waals surface area (Å²) in [6.07, 6.45) is 1.89. The predicted molar refractivity (Wildman–Crippen MR) is 129 cm³/mol. The zero-order valence-corrected chi connectivity index (χ0v) is 19.8. The molecule has 0 aliphatic heterocycles. The average molecular weight is 453 g/mol. The number of rotatable bonds is 8. The van der Waals surface area contributed by atoms with Gasteiger partial charge in [-0.1, -0.05) is 61.5 Å². The Hall–Kier alpha value is -2.22. The Labute approximate surface area is 189 Å². The molecule has 3 aromatic heterocycles. The van der Waals surface area contributed by atoms with Crippen LogP contribution in [0.4, 0.5) is 0 Å². The summed E-state index contributed by atoms with van der Waals surface area (Å²) < 4.78 is 2.14. The molecule has 0 aliphatic carbocycles. The van der Waals surface area contributed by atoms with Crippen molar-refractivity contribution in [3.8, 4) is 22.0 Å². The molecule has 0 bridgehead atoms. The maximum atomic E-state index is 4.81. The van der Waals surface area contributed by atoms with Crippen LogP contribution < -0.4 is 0 Å². The Bertz CT molecular complexity index is 1140. The molecule has 0 aliphatic rings. The zero-order chi connectivity index (χ0) is 21.1. The van der Waals surface area contributed by atoms with Crippen LogP contribution in [0.1, 0.15) is 35.9 Å². The summed E-state index contributed by atoms with van der Waals surface area (Å²) >= 11 is 5.13. The summed E-state index contributed by atoms with van der Waals surface area (Å²) in [6.45, 7) is 11.1. The van der Waals surface area contributed by atoms with Crippen LogP contribution in [0.2, 0.25) is 0 Å². The van der Waals surface area contributed by atoms with Gasteiger partial charge in [0.1, 0.15) is 5.01 Å². The van der Waals surface area contributed by atoms with Crippen molar-refractivity contribution in [2.75, 3.05) is 0 Å². The summed E-state index contributed by atoms with van der Waals surface area (Å²) in [6, 6.07) is 10.7. The summed E-state index contributed by atoms with van der Waals surface area (Å²) in [5.41, 5.74) is 4.61.